The number of para-hydroxylation sites is 1. The van der Waals surface area contributed by atoms with Crippen LogP contribution >= 0.6 is 0 Å². The molecule has 0 atom stereocenters. The topological polar surface area (TPSA) is 35.2 Å². The first-order valence-corrected chi connectivity index (χ1v) is 5.98. The van der Waals surface area contributed by atoms with Gasteiger partial charge in [-0.05, 0) is 29.9 Å². The van der Waals surface area contributed by atoms with Gasteiger partial charge in [0.25, 0.3) is 0 Å². The van der Waals surface area contributed by atoms with Crippen molar-refractivity contribution in [1.29, 1.82) is 0 Å². The number of hydrogen-bond donors (Lipinski definition) is 1. The third-order valence-corrected chi connectivity index (χ3v) is 3.12. The highest BCUT2D eigenvalue weighted by molar-refractivity contribution is 5.38. The number of rotatable bonds is 2. The molecular formula is C14H21NO. The van der Waals surface area contributed by atoms with Crippen molar-refractivity contribution in [3.8, 4) is 5.75 Å². The normalized spacial score (nSPS) is 25.0. The van der Waals surface area contributed by atoms with Crippen LogP contribution in [0.15, 0.2) is 24.3 Å². The van der Waals surface area contributed by atoms with E-state index in [1.54, 1.807) is 0 Å². The van der Waals surface area contributed by atoms with Crippen LogP contribution < -0.4 is 10.5 Å². The molecule has 0 radical (unpaired) electrons. The molecule has 1 aliphatic rings. The monoisotopic (exact) mass is 219 g/mol. The molecule has 1 saturated carbocycles. The Labute approximate surface area is 97.8 Å². The Kier molecular flexibility index (Phi) is 2.94. The summed E-state index contributed by atoms with van der Waals surface area (Å²) in [5.41, 5.74) is 7.17. The van der Waals surface area contributed by atoms with E-state index >= 15 is 0 Å². The molecule has 0 aromatic heterocycles. The lowest BCUT2D eigenvalue weighted by Crippen LogP contribution is -2.43. The van der Waals surface area contributed by atoms with Crippen molar-refractivity contribution < 1.29 is 4.74 Å². The Bertz CT molecular complexity index is 361. The van der Waals surface area contributed by atoms with E-state index in [4.69, 9.17) is 10.5 Å². The maximum atomic E-state index is 6.00. The lowest BCUT2D eigenvalue weighted by atomic mass is 9.86. The Balaban J connectivity index is 2.14. The smallest absolute Gasteiger partial charge is 0.123 e. The highest BCUT2D eigenvalue weighted by Crippen LogP contribution is 2.33. The van der Waals surface area contributed by atoms with Gasteiger partial charge in [-0.2, -0.15) is 0 Å². The van der Waals surface area contributed by atoms with Gasteiger partial charge >= 0.3 is 0 Å². The molecule has 88 valence electrons. The second-order valence-electron chi connectivity index (χ2n) is 5.72. The molecule has 0 saturated heterocycles. The van der Waals surface area contributed by atoms with Crippen molar-refractivity contribution >= 4 is 0 Å². The van der Waals surface area contributed by atoms with Gasteiger partial charge in [-0.3, -0.25) is 0 Å². The van der Waals surface area contributed by atoms with Crippen molar-refractivity contribution in [2.45, 2.75) is 51.2 Å². The minimum atomic E-state index is 0.127. The second-order valence-corrected chi connectivity index (χ2v) is 5.72. The first-order valence-electron chi connectivity index (χ1n) is 5.98. The van der Waals surface area contributed by atoms with E-state index in [-0.39, 0.29) is 5.41 Å². The average Bonchev–Trinajstić information content (AvgIpc) is 2.14. The summed E-state index contributed by atoms with van der Waals surface area (Å²) in [5.74, 6) is 1.02. The van der Waals surface area contributed by atoms with Crippen LogP contribution in [-0.4, -0.2) is 12.1 Å². The van der Waals surface area contributed by atoms with E-state index in [2.05, 4.69) is 39.0 Å². The van der Waals surface area contributed by atoms with Crippen molar-refractivity contribution in [1.82, 2.24) is 0 Å². The van der Waals surface area contributed by atoms with E-state index in [0.29, 0.717) is 12.1 Å². The zero-order valence-electron chi connectivity index (χ0n) is 10.4. The van der Waals surface area contributed by atoms with Crippen LogP contribution in [0.3, 0.4) is 0 Å². The Morgan fingerprint density at radius 2 is 1.81 bits per heavy atom. The Morgan fingerprint density at radius 3 is 2.38 bits per heavy atom. The number of nitrogens with two attached hydrogens (primary N) is 1. The summed E-state index contributed by atoms with van der Waals surface area (Å²) in [6.07, 6.45) is 2.29. The standard InChI is InChI=1S/C14H21NO/c1-14(2,3)12-6-4-5-7-13(12)16-11-8-10(15)9-11/h4-7,10-11H,8-9,15H2,1-3H3. The van der Waals surface area contributed by atoms with Gasteiger partial charge in [-0.1, -0.05) is 39.0 Å². The van der Waals surface area contributed by atoms with E-state index < -0.39 is 0 Å². The molecule has 2 nitrogen and oxygen atoms in total. The fraction of sp³-hybridized carbons (Fsp3) is 0.571. The molecule has 1 aromatic rings. The lowest BCUT2D eigenvalue weighted by Gasteiger charge is -2.34. The van der Waals surface area contributed by atoms with Gasteiger partial charge in [0.1, 0.15) is 11.9 Å². The van der Waals surface area contributed by atoms with Gasteiger partial charge in [0.05, 0.1) is 0 Å². The molecular weight excluding hydrogens is 198 g/mol. The van der Waals surface area contributed by atoms with Crippen molar-refractivity contribution in [2.24, 2.45) is 5.73 Å². The van der Waals surface area contributed by atoms with Gasteiger partial charge in [0.2, 0.25) is 0 Å². The van der Waals surface area contributed by atoms with E-state index in [0.717, 1.165) is 18.6 Å². The Hall–Kier alpha value is -1.02. The quantitative estimate of drug-likeness (QED) is 0.830. The summed E-state index contributed by atoms with van der Waals surface area (Å²) >= 11 is 0. The molecule has 16 heavy (non-hydrogen) atoms. The third kappa shape index (κ3) is 2.38. The van der Waals surface area contributed by atoms with E-state index in [9.17, 15) is 0 Å². The molecule has 1 aromatic carbocycles. The molecule has 0 unspecified atom stereocenters. The SMILES string of the molecule is CC(C)(C)c1ccccc1OC1CC(N)C1. The van der Waals surface area contributed by atoms with Crippen molar-refractivity contribution in [3.05, 3.63) is 29.8 Å². The van der Waals surface area contributed by atoms with Gasteiger partial charge in [0.15, 0.2) is 0 Å². The van der Waals surface area contributed by atoms with Crippen LogP contribution in [0.25, 0.3) is 0 Å². The predicted molar refractivity (Wildman–Crippen MR) is 66.8 cm³/mol. The lowest BCUT2D eigenvalue weighted by molar-refractivity contribution is 0.0987. The number of ether oxygens (including phenoxy) is 1. The fourth-order valence-electron chi connectivity index (χ4n) is 2.07. The molecule has 2 heteroatoms. The van der Waals surface area contributed by atoms with Crippen LogP contribution in [0.4, 0.5) is 0 Å². The van der Waals surface area contributed by atoms with Crippen molar-refractivity contribution in [2.75, 3.05) is 0 Å². The highest BCUT2D eigenvalue weighted by atomic mass is 16.5. The van der Waals surface area contributed by atoms with Crippen molar-refractivity contribution in [3.63, 3.8) is 0 Å². The summed E-state index contributed by atoms with van der Waals surface area (Å²) < 4.78 is 6.00. The first-order chi connectivity index (χ1) is 7.47. The zero-order valence-corrected chi connectivity index (χ0v) is 10.4. The van der Waals surface area contributed by atoms with Gasteiger partial charge < -0.3 is 10.5 Å². The molecule has 1 aliphatic carbocycles. The van der Waals surface area contributed by atoms with E-state index in [1.165, 1.54) is 5.56 Å². The number of hydrogen-bond acceptors (Lipinski definition) is 2. The third-order valence-electron chi connectivity index (χ3n) is 3.12. The maximum Gasteiger partial charge on any atom is 0.123 e. The summed E-state index contributed by atoms with van der Waals surface area (Å²) in [5, 5.41) is 0. The van der Waals surface area contributed by atoms with Gasteiger partial charge in [0, 0.05) is 6.04 Å². The average molecular weight is 219 g/mol. The van der Waals surface area contributed by atoms with Crippen LogP contribution in [0.2, 0.25) is 0 Å². The largest absolute Gasteiger partial charge is 0.490 e. The molecule has 0 bridgehead atoms. The van der Waals surface area contributed by atoms with Gasteiger partial charge in [-0.15, -0.1) is 0 Å². The molecule has 0 aliphatic heterocycles. The summed E-state index contributed by atoms with van der Waals surface area (Å²) in [6.45, 7) is 6.63. The minimum absolute atomic E-state index is 0.127. The number of benzene rings is 1. The maximum absolute atomic E-state index is 6.00. The van der Waals surface area contributed by atoms with Gasteiger partial charge in [-0.25, -0.2) is 0 Å². The zero-order chi connectivity index (χ0) is 11.8. The van der Waals surface area contributed by atoms with Crippen LogP contribution in [0.1, 0.15) is 39.2 Å². The molecule has 2 rings (SSSR count). The Morgan fingerprint density at radius 1 is 1.19 bits per heavy atom. The molecule has 2 N–H and O–H groups in total. The minimum Gasteiger partial charge on any atom is -0.490 e. The summed E-state index contributed by atoms with van der Waals surface area (Å²) in [4.78, 5) is 0. The van der Waals surface area contributed by atoms with Crippen LogP contribution in [-0.2, 0) is 5.41 Å². The molecule has 0 spiro atoms. The summed E-state index contributed by atoms with van der Waals surface area (Å²) in [7, 11) is 0. The fourth-order valence-corrected chi connectivity index (χ4v) is 2.07. The van der Waals surface area contributed by atoms with Crippen LogP contribution in [0, 0.1) is 0 Å². The molecule has 0 heterocycles. The van der Waals surface area contributed by atoms with E-state index in [1.807, 2.05) is 6.07 Å². The molecule has 1 fully saturated rings. The highest BCUT2D eigenvalue weighted by Gasteiger charge is 2.29. The van der Waals surface area contributed by atoms with Crippen LogP contribution in [0.5, 0.6) is 5.75 Å². The first kappa shape index (κ1) is 11.5. The molecule has 0 amide bonds. The second kappa shape index (κ2) is 4.10. The summed E-state index contributed by atoms with van der Waals surface area (Å²) in [6, 6.07) is 8.65. The predicted octanol–water partition coefficient (Wildman–Crippen LogP) is 2.85.